The van der Waals surface area contributed by atoms with Gasteiger partial charge in [-0.05, 0) is 23.8 Å². The summed E-state index contributed by atoms with van der Waals surface area (Å²) in [6.07, 6.45) is 1.52. The zero-order valence-electron chi connectivity index (χ0n) is 10.4. The quantitative estimate of drug-likeness (QED) is 0.591. The molecule has 94 valence electrons. The van der Waals surface area contributed by atoms with Gasteiger partial charge in [0.05, 0.1) is 15.6 Å². The monoisotopic (exact) mass is 281 g/mol. The van der Waals surface area contributed by atoms with Crippen molar-refractivity contribution in [2.75, 3.05) is 0 Å². The van der Waals surface area contributed by atoms with E-state index in [-0.39, 0.29) is 11.4 Å². The van der Waals surface area contributed by atoms with Gasteiger partial charge in [0, 0.05) is 5.41 Å². The minimum atomic E-state index is -0.586. The van der Waals surface area contributed by atoms with Crippen molar-refractivity contribution in [3.05, 3.63) is 39.4 Å². The van der Waals surface area contributed by atoms with Crippen LogP contribution in [0, 0.1) is 16.7 Å². The van der Waals surface area contributed by atoms with Crippen LogP contribution in [0.3, 0.4) is 0 Å². The van der Waals surface area contributed by atoms with E-state index in [0.29, 0.717) is 15.6 Å². The zero-order valence-corrected chi connectivity index (χ0v) is 11.9. The first-order valence-electron chi connectivity index (χ1n) is 5.37. The molecule has 0 aromatic heterocycles. The summed E-state index contributed by atoms with van der Waals surface area (Å²) >= 11 is 11.7. The number of carbonyl (C=O) groups is 1. The minimum Gasteiger partial charge on any atom is -0.293 e. The molecule has 1 rings (SSSR count). The SMILES string of the molecule is CC(C)(C)C(=O)/C(C#N)=C/c1ccc(Cl)c(Cl)c1. The second-order valence-corrected chi connectivity index (χ2v) is 5.74. The Kier molecular flexibility index (Phi) is 4.56. The van der Waals surface area contributed by atoms with Crippen LogP contribution < -0.4 is 0 Å². The number of nitrogens with zero attached hydrogens (tertiary/aromatic N) is 1. The fourth-order valence-electron chi connectivity index (χ4n) is 1.32. The van der Waals surface area contributed by atoms with Crippen molar-refractivity contribution in [3.8, 4) is 6.07 Å². The van der Waals surface area contributed by atoms with Crippen LogP contribution in [0.15, 0.2) is 23.8 Å². The molecule has 0 saturated carbocycles. The molecule has 0 amide bonds. The molecule has 0 N–H and O–H groups in total. The lowest BCUT2D eigenvalue weighted by molar-refractivity contribution is -0.121. The van der Waals surface area contributed by atoms with Gasteiger partial charge in [-0.25, -0.2) is 0 Å². The number of carbonyl (C=O) groups excluding carboxylic acids is 1. The van der Waals surface area contributed by atoms with Crippen molar-refractivity contribution < 1.29 is 4.79 Å². The third kappa shape index (κ3) is 3.60. The number of rotatable bonds is 2. The molecule has 0 atom stereocenters. The largest absolute Gasteiger partial charge is 0.293 e. The van der Waals surface area contributed by atoms with E-state index in [4.69, 9.17) is 28.5 Å². The van der Waals surface area contributed by atoms with E-state index in [9.17, 15) is 4.79 Å². The average molecular weight is 282 g/mol. The molecule has 0 aliphatic rings. The number of Topliss-reactive ketones (excluding diaryl/α,β-unsaturated/α-hetero) is 1. The van der Waals surface area contributed by atoms with Crippen molar-refractivity contribution in [3.63, 3.8) is 0 Å². The topological polar surface area (TPSA) is 40.9 Å². The summed E-state index contributed by atoms with van der Waals surface area (Å²) in [7, 11) is 0. The second-order valence-electron chi connectivity index (χ2n) is 4.92. The Morgan fingerprint density at radius 1 is 1.28 bits per heavy atom. The van der Waals surface area contributed by atoms with Gasteiger partial charge in [-0.1, -0.05) is 50.0 Å². The lowest BCUT2D eigenvalue weighted by Gasteiger charge is -2.15. The van der Waals surface area contributed by atoms with Crippen LogP contribution >= 0.6 is 23.2 Å². The van der Waals surface area contributed by atoms with E-state index in [1.165, 1.54) is 6.08 Å². The molecule has 0 unspecified atom stereocenters. The summed E-state index contributed by atoms with van der Waals surface area (Å²) in [5, 5.41) is 9.88. The van der Waals surface area contributed by atoms with Crippen LogP contribution in [0.1, 0.15) is 26.3 Å². The van der Waals surface area contributed by atoms with Crippen molar-refractivity contribution >= 4 is 35.1 Å². The minimum absolute atomic E-state index is 0.112. The number of hydrogen-bond donors (Lipinski definition) is 0. The Morgan fingerprint density at radius 2 is 1.89 bits per heavy atom. The summed E-state index contributed by atoms with van der Waals surface area (Å²) in [6.45, 7) is 5.32. The molecule has 2 nitrogen and oxygen atoms in total. The molecule has 4 heteroatoms. The van der Waals surface area contributed by atoms with Crippen LogP contribution in [-0.4, -0.2) is 5.78 Å². The van der Waals surface area contributed by atoms with Crippen LogP contribution in [0.2, 0.25) is 10.0 Å². The molecule has 0 heterocycles. The van der Waals surface area contributed by atoms with Gasteiger partial charge >= 0.3 is 0 Å². The molecule has 0 aliphatic heterocycles. The summed E-state index contributed by atoms with van der Waals surface area (Å²) in [6, 6.07) is 6.89. The predicted octanol–water partition coefficient (Wildman–Crippen LogP) is 4.52. The first-order valence-corrected chi connectivity index (χ1v) is 6.13. The summed E-state index contributed by atoms with van der Waals surface area (Å²) in [4.78, 5) is 12.0. The van der Waals surface area contributed by atoms with Crippen molar-refractivity contribution in [2.45, 2.75) is 20.8 Å². The lowest BCUT2D eigenvalue weighted by atomic mass is 9.86. The molecule has 0 bridgehead atoms. The summed E-state index contributed by atoms with van der Waals surface area (Å²) in [5.74, 6) is -0.198. The maximum atomic E-state index is 12.0. The number of allylic oxidation sites excluding steroid dienone is 1. The normalized spacial score (nSPS) is 12.1. The Bertz CT molecular complexity index is 548. The Hall–Kier alpha value is -1.30. The smallest absolute Gasteiger partial charge is 0.178 e. The van der Waals surface area contributed by atoms with Crippen LogP contribution in [0.5, 0.6) is 0 Å². The van der Waals surface area contributed by atoms with E-state index >= 15 is 0 Å². The Morgan fingerprint density at radius 3 is 2.33 bits per heavy atom. The molecule has 18 heavy (non-hydrogen) atoms. The molecule has 0 fully saturated rings. The van der Waals surface area contributed by atoms with E-state index in [1.807, 2.05) is 6.07 Å². The number of halogens is 2. The van der Waals surface area contributed by atoms with E-state index in [0.717, 1.165) is 0 Å². The fourth-order valence-corrected chi connectivity index (χ4v) is 1.63. The van der Waals surface area contributed by atoms with Gasteiger partial charge in [-0.15, -0.1) is 0 Å². The first kappa shape index (κ1) is 14.8. The van der Waals surface area contributed by atoms with Gasteiger partial charge in [0.2, 0.25) is 0 Å². The van der Waals surface area contributed by atoms with Crippen molar-refractivity contribution in [1.29, 1.82) is 5.26 Å². The standard InChI is InChI=1S/C14H13Cl2NO/c1-14(2,3)13(18)10(8-17)6-9-4-5-11(15)12(16)7-9/h4-7H,1-3H3/b10-6+. The van der Waals surface area contributed by atoms with Crippen molar-refractivity contribution in [2.24, 2.45) is 5.41 Å². The molecule has 0 spiro atoms. The van der Waals surface area contributed by atoms with E-state index in [2.05, 4.69) is 0 Å². The molecular weight excluding hydrogens is 269 g/mol. The first-order chi connectivity index (χ1) is 8.25. The van der Waals surface area contributed by atoms with Gasteiger partial charge in [0.15, 0.2) is 5.78 Å². The van der Waals surface area contributed by atoms with Crippen molar-refractivity contribution in [1.82, 2.24) is 0 Å². The summed E-state index contributed by atoms with van der Waals surface area (Å²) < 4.78 is 0. The van der Waals surface area contributed by atoms with Gasteiger partial charge in [0.1, 0.15) is 6.07 Å². The average Bonchev–Trinajstić information content (AvgIpc) is 2.28. The highest BCUT2D eigenvalue weighted by molar-refractivity contribution is 6.42. The van der Waals surface area contributed by atoms with Crippen LogP contribution in [0.25, 0.3) is 6.08 Å². The molecular formula is C14H13Cl2NO. The van der Waals surface area contributed by atoms with E-state index < -0.39 is 5.41 Å². The van der Waals surface area contributed by atoms with Gasteiger partial charge in [-0.3, -0.25) is 4.79 Å². The molecule has 0 radical (unpaired) electrons. The highest BCUT2D eigenvalue weighted by Gasteiger charge is 2.24. The molecule has 0 saturated heterocycles. The van der Waals surface area contributed by atoms with Crippen LogP contribution in [0.4, 0.5) is 0 Å². The summed E-state index contributed by atoms with van der Waals surface area (Å²) in [5.41, 5.74) is 0.206. The molecule has 1 aromatic carbocycles. The lowest BCUT2D eigenvalue weighted by Crippen LogP contribution is -2.21. The zero-order chi connectivity index (χ0) is 13.9. The molecule has 1 aromatic rings. The maximum absolute atomic E-state index is 12.0. The second kappa shape index (κ2) is 5.56. The number of nitriles is 1. The third-order valence-electron chi connectivity index (χ3n) is 2.30. The Labute approximate surface area is 117 Å². The third-order valence-corrected chi connectivity index (χ3v) is 3.04. The Balaban J connectivity index is 3.17. The maximum Gasteiger partial charge on any atom is 0.178 e. The molecule has 0 aliphatic carbocycles. The number of benzene rings is 1. The van der Waals surface area contributed by atoms with Gasteiger partial charge < -0.3 is 0 Å². The fraction of sp³-hybridized carbons (Fsp3) is 0.286. The predicted molar refractivity (Wildman–Crippen MR) is 74.5 cm³/mol. The van der Waals surface area contributed by atoms with Gasteiger partial charge in [-0.2, -0.15) is 5.26 Å². The van der Waals surface area contributed by atoms with Gasteiger partial charge in [0.25, 0.3) is 0 Å². The number of ketones is 1. The highest BCUT2D eigenvalue weighted by Crippen LogP contribution is 2.25. The van der Waals surface area contributed by atoms with Crippen LogP contribution in [-0.2, 0) is 4.79 Å². The highest BCUT2D eigenvalue weighted by atomic mass is 35.5. The number of hydrogen-bond acceptors (Lipinski definition) is 2. The van der Waals surface area contributed by atoms with E-state index in [1.54, 1.807) is 39.0 Å².